The van der Waals surface area contributed by atoms with Gasteiger partial charge in [-0.05, 0) is 18.8 Å². The van der Waals surface area contributed by atoms with Crippen molar-refractivity contribution in [2.24, 2.45) is 0 Å². The molecule has 5 heteroatoms. The van der Waals surface area contributed by atoms with Gasteiger partial charge >= 0.3 is 26.8 Å². The van der Waals surface area contributed by atoms with Crippen molar-refractivity contribution < 1.29 is 19.2 Å². The smallest absolute Gasteiger partial charge is 0.0340 e. The number of nitrogens with one attached hydrogen (secondary N) is 1. The average Bonchev–Trinajstić information content (AvgIpc) is 3.09. The standard InChI is InChI=1S/C12H11.C4H10N.2CH3.2ClH.Si.Ti/c1-2-4-11-8-12(9-5-6-9)7-10(11)3-1;1-4(2,3)5;;;;;;/h1-4,7-9H,5-6H2;5H,1-3H3;2*1H3;2*1H;;/q4*-1;;;;. The summed E-state index contributed by atoms with van der Waals surface area (Å²) in [5.74, 6) is 0.886. The molecule has 2 radical (unpaired) electrons. The van der Waals surface area contributed by atoms with E-state index in [1.807, 2.05) is 20.8 Å². The van der Waals surface area contributed by atoms with Gasteiger partial charge in [-0.2, -0.15) is 6.07 Å². The minimum absolute atomic E-state index is 0. The predicted octanol–water partition coefficient (Wildman–Crippen LogP) is 6.63. The molecule has 3 rings (SSSR count). The number of fused-ring (bicyclic) bond motifs is 1. The Labute approximate surface area is 169 Å². The monoisotopic (exact) mass is 405 g/mol. The van der Waals surface area contributed by atoms with Gasteiger partial charge in [0, 0.05) is 0 Å². The van der Waals surface area contributed by atoms with E-state index < -0.39 is 0 Å². The van der Waals surface area contributed by atoms with E-state index in [1.54, 1.807) is 24.7 Å². The topological polar surface area (TPSA) is 23.8 Å². The van der Waals surface area contributed by atoms with E-state index in [9.17, 15) is 0 Å². The zero-order valence-corrected chi connectivity index (χ0v) is 19.0. The number of hydrogen-bond acceptors (Lipinski definition) is 0. The summed E-state index contributed by atoms with van der Waals surface area (Å²) >= 11 is 1.81. The van der Waals surface area contributed by atoms with Crippen LogP contribution in [0.3, 0.4) is 0 Å². The fraction of sp³-hybridized carbons (Fsp3) is 0.389. The van der Waals surface area contributed by atoms with E-state index in [0.717, 1.165) is 5.92 Å². The van der Waals surface area contributed by atoms with Crippen LogP contribution in [0, 0.1) is 14.9 Å². The van der Waals surface area contributed by atoms with Crippen LogP contribution in [0.1, 0.15) is 45.1 Å². The molecule has 0 atom stereocenters. The fourth-order valence-electron chi connectivity index (χ4n) is 1.83. The maximum absolute atomic E-state index is 6.94. The largest absolute Gasteiger partial charge is 0.165 e. The normalized spacial score (nSPS) is 11.6. The first-order valence-electron chi connectivity index (χ1n) is 6.59. The molecule has 0 heterocycles. The second kappa shape index (κ2) is 14.6. The molecule has 132 valence electrons. The van der Waals surface area contributed by atoms with Gasteiger partial charge in [-0.25, -0.2) is 0 Å². The van der Waals surface area contributed by atoms with Gasteiger partial charge in [-0.1, -0.05) is 26.8 Å². The quantitative estimate of drug-likeness (QED) is 0.375. The zero-order chi connectivity index (χ0) is 14.5. The zero-order valence-electron chi connectivity index (χ0n) is 14.8. The third kappa shape index (κ3) is 13.3. The molecule has 0 bridgehead atoms. The molecule has 1 nitrogen and oxygen atoms in total. The molecule has 2 aromatic carbocycles. The maximum Gasteiger partial charge on any atom is -0.0340 e. The van der Waals surface area contributed by atoms with Crippen LogP contribution in [0.5, 0.6) is 0 Å². The molecule has 2 aromatic rings. The summed E-state index contributed by atoms with van der Waals surface area (Å²) in [6, 6.07) is 13.3. The minimum Gasteiger partial charge on any atom is -0.165 e. The molecule has 1 saturated carbocycles. The summed E-state index contributed by atoms with van der Waals surface area (Å²) in [5.41, 5.74) is 8.24. The number of halogens is 2. The SMILES string of the molecule is CC(C)(C)[NH-].Cl.Cl.[CH3-].[CH3-].[Si]=[Ti].c1ccc2[cH-]c(C3CC3)cc2c1. The summed E-state index contributed by atoms with van der Waals surface area (Å²) in [7, 11) is 2.97. The van der Waals surface area contributed by atoms with Crippen LogP contribution in [0.25, 0.3) is 16.5 Å². The molecule has 0 aliphatic heterocycles. The molecule has 1 aliphatic carbocycles. The van der Waals surface area contributed by atoms with E-state index in [-0.39, 0.29) is 45.2 Å². The molecule has 0 aromatic heterocycles. The van der Waals surface area contributed by atoms with Crippen LogP contribution in [0.2, 0.25) is 0 Å². The first kappa shape index (κ1) is 31.1. The van der Waals surface area contributed by atoms with E-state index in [1.165, 1.54) is 23.6 Å². The molecule has 1 aliphatic rings. The van der Waals surface area contributed by atoms with Gasteiger partial charge in [-0.15, -0.1) is 71.0 Å². The van der Waals surface area contributed by atoms with Crippen molar-refractivity contribution in [3.63, 3.8) is 0 Å². The summed E-state index contributed by atoms with van der Waals surface area (Å²) in [6.07, 6.45) is 2.80. The van der Waals surface area contributed by atoms with Crippen molar-refractivity contribution in [1.82, 2.24) is 0 Å². The van der Waals surface area contributed by atoms with Gasteiger partial charge in [0.15, 0.2) is 0 Å². The van der Waals surface area contributed by atoms with Crippen molar-refractivity contribution in [2.75, 3.05) is 0 Å². The van der Waals surface area contributed by atoms with Gasteiger partial charge in [-0.3, -0.25) is 0 Å². The fourth-order valence-corrected chi connectivity index (χ4v) is 1.83. The van der Waals surface area contributed by atoms with E-state index in [0.29, 0.717) is 0 Å². The first-order chi connectivity index (χ1) is 8.93. The minimum atomic E-state index is -0.250. The molecule has 1 fully saturated rings. The van der Waals surface area contributed by atoms with Gasteiger partial charge < -0.3 is 20.6 Å². The number of hydrogen-bond donors (Lipinski definition) is 0. The number of benzene rings is 1. The van der Waals surface area contributed by atoms with Gasteiger partial charge in [0.2, 0.25) is 0 Å². The van der Waals surface area contributed by atoms with Gasteiger partial charge in [0.1, 0.15) is 0 Å². The van der Waals surface area contributed by atoms with Crippen LogP contribution in [-0.2, 0) is 19.2 Å². The number of rotatable bonds is 1. The first-order valence-corrected chi connectivity index (χ1v) is 9.43. The predicted molar refractivity (Wildman–Crippen MR) is 109 cm³/mol. The Morgan fingerprint density at radius 3 is 1.91 bits per heavy atom. The molecule has 1 N–H and O–H groups in total. The molecule has 0 saturated heterocycles. The van der Waals surface area contributed by atoms with Crippen LogP contribution in [0.4, 0.5) is 0 Å². The maximum atomic E-state index is 6.94. The van der Waals surface area contributed by atoms with E-state index in [4.69, 9.17) is 5.73 Å². The Kier molecular flexibility index (Phi) is 19.8. The molecular weight excluding hydrogens is 377 g/mol. The van der Waals surface area contributed by atoms with Gasteiger partial charge in [0.25, 0.3) is 0 Å². The van der Waals surface area contributed by atoms with Crippen molar-refractivity contribution >= 4 is 43.2 Å². The Bertz CT molecular complexity index is 480. The molecule has 23 heavy (non-hydrogen) atoms. The summed E-state index contributed by atoms with van der Waals surface area (Å²) in [5, 5.41) is 2.80. The van der Waals surface area contributed by atoms with Crippen molar-refractivity contribution in [3.8, 4) is 0 Å². The Morgan fingerprint density at radius 2 is 1.52 bits per heavy atom. The van der Waals surface area contributed by atoms with Crippen LogP contribution >= 0.6 is 24.8 Å². The van der Waals surface area contributed by atoms with Crippen LogP contribution in [-0.4, -0.2) is 13.2 Å². The van der Waals surface area contributed by atoms with Crippen molar-refractivity contribution in [2.45, 2.75) is 45.1 Å². The molecule has 0 spiro atoms. The van der Waals surface area contributed by atoms with E-state index in [2.05, 4.69) is 44.0 Å². The molecule has 0 unspecified atom stereocenters. The summed E-state index contributed by atoms with van der Waals surface area (Å²) < 4.78 is 0. The Balaban J connectivity index is -0.000000147. The Morgan fingerprint density at radius 1 is 1.09 bits per heavy atom. The van der Waals surface area contributed by atoms with Crippen molar-refractivity contribution in [3.05, 3.63) is 62.5 Å². The third-order valence-electron chi connectivity index (χ3n) is 2.69. The summed E-state index contributed by atoms with van der Waals surface area (Å²) in [4.78, 5) is 0. The van der Waals surface area contributed by atoms with E-state index >= 15 is 0 Å². The average molecular weight is 406 g/mol. The van der Waals surface area contributed by atoms with Crippen LogP contribution < -0.4 is 0 Å². The second-order valence-corrected chi connectivity index (χ2v) is 5.94. The molecule has 0 amide bonds. The van der Waals surface area contributed by atoms with Crippen molar-refractivity contribution in [1.29, 1.82) is 0 Å². The Hall–Kier alpha value is 0.301. The molecular formula is C18H29Cl2NSiTi-4. The summed E-state index contributed by atoms with van der Waals surface area (Å²) in [6.45, 7) is 5.56. The third-order valence-corrected chi connectivity index (χ3v) is 2.69. The van der Waals surface area contributed by atoms with Crippen LogP contribution in [0.15, 0.2) is 36.4 Å². The second-order valence-electron chi connectivity index (χ2n) is 5.94. The van der Waals surface area contributed by atoms with Gasteiger partial charge in [0.05, 0.1) is 0 Å².